The molecule has 0 saturated heterocycles. The van der Waals surface area contributed by atoms with Gasteiger partial charge in [0, 0.05) is 6.92 Å². The third-order valence-electron chi connectivity index (χ3n) is 4.15. The number of para-hydroxylation sites is 2. The molecule has 0 aliphatic rings. The maximum atomic E-state index is 13.1. The summed E-state index contributed by atoms with van der Waals surface area (Å²) in [4.78, 5) is 42.4. The Morgan fingerprint density at radius 1 is 0.917 bits per heavy atom. The quantitative estimate of drug-likeness (QED) is 0.503. The molecule has 6 heteroatoms. The Balaban J connectivity index is 2.51. The van der Waals surface area contributed by atoms with E-state index >= 15 is 0 Å². The zero-order valence-electron chi connectivity index (χ0n) is 13.1. The molecule has 0 unspecified atom stereocenters. The van der Waals surface area contributed by atoms with Crippen molar-refractivity contribution in [3.8, 4) is 0 Å². The maximum Gasteiger partial charge on any atom is 0.281 e. The van der Waals surface area contributed by atoms with Crippen LogP contribution in [0.4, 0.5) is 0 Å². The van der Waals surface area contributed by atoms with Crippen molar-refractivity contribution in [3.63, 3.8) is 0 Å². The molecule has 6 nitrogen and oxygen atoms in total. The average molecular weight is 319 g/mol. The molecule has 0 amide bonds. The first-order valence-corrected chi connectivity index (χ1v) is 7.48. The van der Waals surface area contributed by atoms with Crippen molar-refractivity contribution in [2.45, 2.75) is 13.8 Å². The number of hydrogen-bond donors (Lipinski definition) is 0. The number of aryl methyl sites for hydroxylation is 1. The molecule has 2 heterocycles. The van der Waals surface area contributed by atoms with Gasteiger partial charge < -0.3 is 0 Å². The van der Waals surface area contributed by atoms with E-state index in [2.05, 4.69) is 4.98 Å². The van der Waals surface area contributed by atoms with Gasteiger partial charge in [-0.1, -0.05) is 24.3 Å². The highest BCUT2D eigenvalue weighted by Crippen LogP contribution is 2.15. The fourth-order valence-electron chi connectivity index (χ4n) is 3.02. The lowest BCUT2D eigenvalue weighted by Crippen LogP contribution is -2.23. The van der Waals surface area contributed by atoms with Crippen molar-refractivity contribution in [1.82, 2.24) is 14.0 Å². The predicted octanol–water partition coefficient (Wildman–Crippen LogP) is 1.97. The second-order valence-corrected chi connectivity index (χ2v) is 5.71. The van der Waals surface area contributed by atoms with Crippen LogP contribution in [-0.4, -0.2) is 19.8 Å². The molecule has 118 valence electrons. The van der Waals surface area contributed by atoms with Gasteiger partial charge in [0.2, 0.25) is 0 Å². The topological polar surface area (TPSA) is 72.9 Å². The van der Waals surface area contributed by atoms with Crippen LogP contribution in [0.1, 0.15) is 23.1 Å². The van der Waals surface area contributed by atoms with Gasteiger partial charge in [0.1, 0.15) is 0 Å². The Bertz CT molecular complexity index is 1280. The van der Waals surface area contributed by atoms with Gasteiger partial charge in [0.15, 0.2) is 11.6 Å². The molecule has 24 heavy (non-hydrogen) atoms. The molecule has 4 rings (SSSR count). The number of rotatable bonds is 1. The van der Waals surface area contributed by atoms with Gasteiger partial charge in [-0.15, -0.1) is 0 Å². The number of ketones is 1. The smallest absolute Gasteiger partial charge is 0.281 e. The van der Waals surface area contributed by atoms with Crippen LogP contribution in [0.25, 0.3) is 21.8 Å². The highest BCUT2D eigenvalue weighted by molar-refractivity contribution is 5.93. The summed E-state index contributed by atoms with van der Waals surface area (Å²) in [6.45, 7) is 3.15. The lowest BCUT2D eigenvalue weighted by Gasteiger charge is -1.96. The summed E-state index contributed by atoms with van der Waals surface area (Å²) in [5.74, 6) is -0.442. The van der Waals surface area contributed by atoms with E-state index in [1.165, 1.54) is 11.4 Å². The molecule has 0 radical (unpaired) electrons. The molecular formula is C18H13N3O3. The molecular weight excluding hydrogens is 306 g/mol. The molecule has 2 aromatic carbocycles. The van der Waals surface area contributed by atoms with Gasteiger partial charge >= 0.3 is 0 Å². The normalized spacial score (nSPS) is 11.4. The minimum atomic E-state index is -0.432. The fraction of sp³-hybridized carbons (Fsp3) is 0.111. The van der Waals surface area contributed by atoms with Gasteiger partial charge in [-0.3, -0.25) is 14.4 Å². The minimum Gasteiger partial charge on any atom is -0.291 e. The van der Waals surface area contributed by atoms with Crippen molar-refractivity contribution in [2.75, 3.05) is 0 Å². The summed E-state index contributed by atoms with van der Waals surface area (Å²) in [5.41, 5.74) is 0.830. The number of hydrogen-bond acceptors (Lipinski definition) is 4. The summed E-state index contributed by atoms with van der Waals surface area (Å²) >= 11 is 0. The number of aromatic nitrogens is 3. The summed E-state index contributed by atoms with van der Waals surface area (Å²) in [6, 6.07) is 12.0. The van der Waals surface area contributed by atoms with Crippen molar-refractivity contribution < 1.29 is 4.79 Å². The molecule has 0 aliphatic carbocycles. The Labute approximate surface area is 135 Å². The third-order valence-corrected chi connectivity index (χ3v) is 4.15. The second kappa shape index (κ2) is 4.86. The lowest BCUT2D eigenvalue weighted by atomic mass is 10.1. The van der Waals surface area contributed by atoms with E-state index in [9.17, 15) is 14.4 Å². The minimum absolute atomic E-state index is 0.0578. The molecule has 0 spiro atoms. The Kier molecular flexibility index (Phi) is 2.90. The highest BCUT2D eigenvalue weighted by Gasteiger charge is 2.18. The van der Waals surface area contributed by atoms with Crippen molar-refractivity contribution >= 4 is 27.6 Å². The molecule has 0 atom stereocenters. The largest absolute Gasteiger partial charge is 0.291 e. The van der Waals surface area contributed by atoms with Crippen LogP contribution >= 0.6 is 0 Å². The monoisotopic (exact) mass is 319 g/mol. The van der Waals surface area contributed by atoms with Gasteiger partial charge in [0.05, 0.1) is 21.8 Å². The molecule has 0 N–H and O–H groups in total. The Hall–Kier alpha value is -3.28. The molecule has 0 saturated carbocycles. The van der Waals surface area contributed by atoms with E-state index in [-0.39, 0.29) is 17.2 Å². The number of carbonyl (C=O) groups excluding carboxylic acids is 1. The number of nitrogens with zero attached hydrogens (tertiary/aromatic N) is 3. The van der Waals surface area contributed by atoms with E-state index in [1.54, 1.807) is 36.4 Å². The van der Waals surface area contributed by atoms with Crippen LogP contribution in [0.15, 0.2) is 52.1 Å². The Morgan fingerprint density at radius 2 is 1.58 bits per heavy atom. The number of fused-ring (bicyclic) bond motifs is 4. The molecule has 0 fully saturated rings. The zero-order chi connectivity index (χ0) is 17.0. The number of Topliss-reactive ketones (excluding diaryl/α,β-unsaturated/α-hetero) is 1. The van der Waals surface area contributed by atoms with Crippen molar-refractivity contribution in [2.24, 2.45) is 0 Å². The van der Waals surface area contributed by atoms with Crippen LogP contribution in [0, 0.1) is 6.92 Å². The third kappa shape index (κ3) is 1.76. The van der Waals surface area contributed by atoms with E-state index < -0.39 is 5.56 Å². The van der Waals surface area contributed by atoms with Gasteiger partial charge in [-0.05, 0) is 30.7 Å². The standard InChI is InChI=1S/C18H13N3O3/c1-10-6-5-8-13-15(10)19-16(11(2)22)21-17(23)12-7-3-4-9-14(12)20(21)18(13)24/h3-9H,1-2H3. The van der Waals surface area contributed by atoms with Crippen molar-refractivity contribution in [3.05, 3.63) is 74.6 Å². The summed E-state index contributed by atoms with van der Waals surface area (Å²) < 4.78 is 2.32. The first-order valence-electron chi connectivity index (χ1n) is 7.48. The molecule has 0 aliphatic heterocycles. The first-order chi connectivity index (χ1) is 11.5. The van der Waals surface area contributed by atoms with Gasteiger partial charge in [0.25, 0.3) is 11.1 Å². The van der Waals surface area contributed by atoms with Crippen LogP contribution < -0.4 is 11.1 Å². The van der Waals surface area contributed by atoms with E-state index in [4.69, 9.17) is 0 Å². The molecule has 4 aromatic rings. The van der Waals surface area contributed by atoms with E-state index in [0.717, 1.165) is 10.1 Å². The van der Waals surface area contributed by atoms with Crippen LogP contribution in [-0.2, 0) is 0 Å². The number of benzene rings is 2. The second-order valence-electron chi connectivity index (χ2n) is 5.71. The molecule has 0 bridgehead atoms. The van der Waals surface area contributed by atoms with Crippen LogP contribution in [0.2, 0.25) is 0 Å². The van der Waals surface area contributed by atoms with Gasteiger partial charge in [-0.25, -0.2) is 9.50 Å². The van der Waals surface area contributed by atoms with Crippen molar-refractivity contribution in [1.29, 1.82) is 0 Å². The fourth-order valence-corrected chi connectivity index (χ4v) is 3.02. The zero-order valence-corrected chi connectivity index (χ0v) is 13.1. The lowest BCUT2D eigenvalue weighted by molar-refractivity contribution is 0.1000. The van der Waals surface area contributed by atoms with E-state index in [0.29, 0.717) is 21.8 Å². The summed E-state index contributed by atoms with van der Waals surface area (Å²) in [6.07, 6.45) is 0. The predicted molar refractivity (Wildman–Crippen MR) is 90.9 cm³/mol. The molecule has 2 aromatic heterocycles. The maximum absolute atomic E-state index is 13.1. The highest BCUT2D eigenvalue weighted by atomic mass is 16.2. The summed E-state index contributed by atoms with van der Waals surface area (Å²) in [7, 11) is 0. The average Bonchev–Trinajstić information content (AvgIpc) is 2.77. The van der Waals surface area contributed by atoms with Gasteiger partial charge in [-0.2, -0.15) is 4.52 Å². The SMILES string of the molecule is CC(=O)c1nc2c(C)cccc2c(=O)n2c3ccccc3c(=O)n12. The van der Waals surface area contributed by atoms with Crippen LogP contribution in [0.3, 0.4) is 0 Å². The first kappa shape index (κ1) is 14.3. The summed E-state index contributed by atoms with van der Waals surface area (Å²) in [5, 5.41) is 0.733. The van der Waals surface area contributed by atoms with Crippen LogP contribution in [0.5, 0.6) is 0 Å². The van der Waals surface area contributed by atoms with E-state index in [1.807, 2.05) is 13.0 Å². The number of carbonyl (C=O) groups is 1. The Morgan fingerprint density at radius 3 is 2.33 bits per heavy atom.